The molecule has 0 bridgehead atoms. The molecule has 1 aromatic heterocycles. The van der Waals surface area contributed by atoms with Gasteiger partial charge in [0.15, 0.2) is 5.11 Å². The van der Waals surface area contributed by atoms with Crippen molar-refractivity contribution in [2.45, 2.75) is 20.3 Å². The minimum Gasteiger partial charge on any atom is -0.332 e. The normalized spacial score (nSPS) is 10.6. The first-order chi connectivity index (χ1) is 13.3. The number of halogens is 1. The number of hydrogen-bond donors (Lipinski definition) is 2. The molecule has 0 radical (unpaired) electrons. The number of carbonyl (C=O) groups is 1. The Morgan fingerprint density at radius 3 is 2.32 bits per heavy atom. The Balaban J connectivity index is 1.60. The van der Waals surface area contributed by atoms with Crippen LogP contribution in [0.15, 0.2) is 48.5 Å². The van der Waals surface area contributed by atoms with Gasteiger partial charge in [-0.05, 0) is 68.0 Å². The highest BCUT2D eigenvalue weighted by Crippen LogP contribution is 2.18. The summed E-state index contributed by atoms with van der Waals surface area (Å²) in [5.74, 6) is -0.284. The number of hydrogen-bond acceptors (Lipinski definition) is 3. The lowest BCUT2D eigenvalue weighted by Crippen LogP contribution is -2.34. The van der Waals surface area contributed by atoms with Crippen LogP contribution in [0.2, 0.25) is 5.02 Å². The monoisotopic (exact) mass is 412 g/mol. The SMILES string of the molecule is Cc1nn(C)c(C)c1Cc1ccc(NC(=S)NC(=O)c2ccc(Cl)cc2)cc1. The van der Waals surface area contributed by atoms with Crippen molar-refractivity contribution in [2.24, 2.45) is 7.05 Å². The number of benzene rings is 2. The van der Waals surface area contributed by atoms with Crippen LogP contribution in [0.1, 0.15) is 32.9 Å². The maximum atomic E-state index is 12.2. The third kappa shape index (κ3) is 4.77. The second-order valence-electron chi connectivity index (χ2n) is 6.56. The molecule has 28 heavy (non-hydrogen) atoms. The van der Waals surface area contributed by atoms with Crippen LogP contribution < -0.4 is 10.6 Å². The van der Waals surface area contributed by atoms with Gasteiger partial charge in [0, 0.05) is 41.0 Å². The van der Waals surface area contributed by atoms with E-state index in [1.807, 2.05) is 42.9 Å². The quantitative estimate of drug-likeness (QED) is 0.623. The molecule has 1 amide bonds. The van der Waals surface area contributed by atoms with Gasteiger partial charge >= 0.3 is 0 Å². The highest BCUT2D eigenvalue weighted by molar-refractivity contribution is 7.80. The Morgan fingerprint density at radius 2 is 1.75 bits per heavy atom. The number of nitrogens with zero attached hydrogens (tertiary/aromatic N) is 2. The lowest BCUT2D eigenvalue weighted by Gasteiger charge is -2.10. The topological polar surface area (TPSA) is 59.0 Å². The summed E-state index contributed by atoms with van der Waals surface area (Å²) >= 11 is 11.1. The number of carbonyl (C=O) groups excluding carboxylic acids is 1. The molecule has 0 saturated carbocycles. The fourth-order valence-electron chi connectivity index (χ4n) is 2.92. The van der Waals surface area contributed by atoms with Gasteiger partial charge in [-0.3, -0.25) is 14.8 Å². The molecule has 0 fully saturated rings. The van der Waals surface area contributed by atoms with E-state index in [0.717, 1.165) is 17.8 Å². The molecule has 2 aromatic carbocycles. The van der Waals surface area contributed by atoms with Gasteiger partial charge in [0.25, 0.3) is 5.91 Å². The number of rotatable bonds is 4. The molecule has 3 aromatic rings. The van der Waals surface area contributed by atoms with Crippen molar-refractivity contribution in [3.8, 4) is 0 Å². The average molecular weight is 413 g/mol. The molecule has 5 nitrogen and oxygen atoms in total. The number of anilines is 1. The number of amides is 1. The molecule has 0 saturated heterocycles. The van der Waals surface area contributed by atoms with Crippen LogP contribution in [0.4, 0.5) is 5.69 Å². The maximum Gasteiger partial charge on any atom is 0.257 e. The van der Waals surface area contributed by atoms with E-state index >= 15 is 0 Å². The van der Waals surface area contributed by atoms with Crippen molar-refractivity contribution >= 4 is 40.5 Å². The highest BCUT2D eigenvalue weighted by Gasteiger charge is 2.11. The molecule has 144 valence electrons. The summed E-state index contributed by atoms with van der Waals surface area (Å²) < 4.78 is 1.91. The molecule has 1 heterocycles. The zero-order valence-electron chi connectivity index (χ0n) is 15.9. The van der Waals surface area contributed by atoms with E-state index < -0.39 is 0 Å². The van der Waals surface area contributed by atoms with Crippen molar-refractivity contribution in [2.75, 3.05) is 5.32 Å². The molecular weight excluding hydrogens is 392 g/mol. The number of aryl methyl sites for hydroxylation is 2. The third-order valence-corrected chi connectivity index (χ3v) is 5.04. The van der Waals surface area contributed by atoms with Gasteiger partial charge < -0.3 is 5.32 Å². The van der Waals surface area contributed by atoms with E-state index in [0.29, 0.717) is 10.6 Å². The van der Waals surface area contributed by atoms with Gasteiger partial charge in [-0.2, -0.15) is 5.10 Å². The molecular formula is C21H21ClN4OS. The van der Waals surface area contributed by atoms with Gasteiger partial charge in [0.1, 0.15) is 0 Å². The summed E-state index contributed by atoms with van der Waals surface area (Å²) in [5.41, 5.74) is 5.95. The Hall–Kier alpha value is -2.70. The second kappa shape index (κ2) is 8.54. The van der Waals surface area contributed by atoms with E-state index in [4.69, 9.17) is 23.8 Å². The first-order valence-electron chi connectivity index (χ1n) is 8.79. The third-order valence-electron chi connectivity index (χ3n) is 4.59. The first-order valence-corrected chi connectivity index (χ1v) is 9.58. The summed E-state index contributed by atoms with van der Waals surface area (Å²) in [7, 11) is 1.96. The van der Waals surface area contributed by atoms with Crippen LogP contribution in [-0.2, 0) is 13.5 Å². The lowest BCUT2D eigenvalue weighted by molar-refractivity contribution is 0.0977. The molecule has 0 aliphatic rings. The summed E-state index contributed by atoms with van der Waals surface area (Å²) in [6.07, 6.45) is 0.823. The Bertz CT molecular complexity index is 1010. The minimum absolute atomic E-state index is 0.242. The molecule has 3 rings (SSSR count). The van der Waals surface area contributed by atoms with E-state index in [1.54, 1.807) is 24.3 Å². The minimum atomic E-state index is -0.284. The molecule has 7 heteroatoms. The Kier molecular flexibility index (Phi) is 6.11. The van der Waals surface area contributed by atoms with Crippen LogP contribution in [0, 0.1) is 13.8 Å². The van der Waals surface area contributed by atoms with E-state index in [-0.39, 0.29) is 11.0 Å². The van der Waals surface area contributed by atoms with E-state index in [9.17, 15) is 4.79 Å². The highest BCUT2D eigenvalue weighted by atomic mass is 35.5. The number of nitrogens with one attached hydrogen (secondary N) is 2. The molecule has 0 atom stereocenters. The fourth-order valence-corrected chi connectivity index (χ4v) is 3.26. The molecule has 0 aliphatic heterocycles. The van der Waals surface area contributed by atoms with Crippen molar-refractivity contribution in [3.63, 3.8) is 0 Å². The van der Waals surface area contributed by atoms with Gasteiger partial charge in [-0.25, -0.2) is 0 Å². The zero-order chi connectivity index (χ0) is 20.3. The first kappa shape index (κ1) is 20.0. The second-order valence-corrected chi connectivity index (χ2v) is 7.41. The number of aromatic nitrogens is 2. The number of thiocarbonyl (C=S) groups is 1. The predicted molar refractivity (Wildman–Crippen MR) is 117 cm³/mol. The Morgan fingerprint density at radius 1 is 1.11 bits per heavy atom. The smallest absolute Gasteiger partial charge is 0.257 e. The van der Waals surface area contributed by atoms with Crippen LogP contribution in [0.5, 0.6) is 0 Å². The fraction of sp³-hybridized carbons (Fsp3) is 0.190. The Labute approximate surface area is 174 Å². The van der Waals surface area contributed by atoms with Crippen LogP contribution in [0.3, 0.4) is 0 Å². The van der Waals surface area contributed by atoms with Crippen molar-refractivity contribution in [1.82, 2.24) is 15.1 Å². The van der Waals surface area contributed by atoms with Gasteiger partial charge in [-0.15, -0.1) is 0 Å². The zero-order valence-corrected chi connectivity index (χ0v) is 17.5. The van der Waals surface area contributed by atoms with Gasteiger partial charge in [0.05, 0.1) is 5.69 Å². The average Bonchev–Trinajstić information content (AvgIpc) is 2.89. The lowest BCUT2D eigenvalue weighted by atomic mass is 10.0. The largest absolute Gasteiger partial charge is 0.332 e. The molecule has 0 aliphatic carbocycles. The van der Waals surface area contributed by atoms with Gasteiger partial charge in [0.2, 0.25) is 0 Å². The van der Waals surface area contributed by atoms with E-state index in [2.05, 4.69) is 22.7 Å². The van der Waals surface area contributed by atoms with E-state index in [1.165, 1.54) is 16.8 Å². The van der Waals surface area contributed by atoms with Crippen LogP contribution in [0.25, 0.3) is 0 Å². The summed E-state index contributed by atoms with van der Waals surface area (Å²) in [5, 5.41) is 11.0. The van der Waals surface area contributed by atoms with Crippen molar-refractivity contribution in [1.29, 1.82) is 0 Å². The van der Waals surface area contributed by atoms with Crippen molar-refractivity contribution < 1.29 is 4.79 Å². The van der Waals surface area contributed by atoms with Crippen molar-refractivity contribution in [3.05, 3.63) is 81.6 Å². The molecule has 0 unspecified atom stereocenters. The molecule has 0 spiro atoms. The molecule has 2 N–H and O–H groups in total. The van der Waals surface area contributed by atoms with Crippen LogP contribution >= 0.6 is 23.8 Å². The predicted octanol–water partition coefficient (Wildman–Crippen LogP) is 4.41. The standard InChI is InChI=1S/C21H21ClN4OS/c1-13-19(14(2)26(3)25-13)12-15-4-10-18(11-5-15)23-21(28)24-20(27)16-6-8-17(22)9-7-16/h4-11H,12H2,1-3H3,(H2,23,24,27,28). The summed E-state index contributed by atoms with van der Waals surface area (Å²) in [6.45, 7) is 4.10. The van der Waals surface area contributed by atoms with Gasteiger partial charge in [-0.1, -0.05) is 23.7 Å². The maximum absolute atomic E-state index is 12.2. The summed E-state index contributed by atoms with van der Waals surface area (Å²) in [4.78, 5) is 12.2. The van der Waals surface area contributed by atoms with Crippen LogP contribution in [-0.4, -0.2) is 20.8 Å². The summed E-state index contributed by atoms with van der Waals surface area (Å²) in [6, 6.07) is 14.6.